The average molecular weight is 365 g/mol. The van der Waals surface area contributed by atoms with E-state index in [1.807, 2.05) is 53.4 Å². The third-order valence-corrected chi connectivity index (χ3v) is 5.88. The van der Waals surface area contributed by atoms with Gasteiger partial charge in [0.25, 0.3) is 5.91 Å². The molecule has 1 heterocycles. The average Bonchev–Trinajstić information content (AvgIpc) is 2.66. The lowest BCUT2D eigenvalue weighted by Crippen LogP contribution is -2.34. The summed E-state index contributed by atoms with van der Waals surface area (Å²) in [4.78, 5) is 16.1. The standard InChI is InChI=1S/C22H24N2OS/c23-16-18-10-12-19(13-11-18)17-26-21-9-5-4-8-20(21)22(25)24-14-6-2-1-3-7-15-24/h4-5,8-13H,1-3,6-7,14-15,17H2. The van der Waals surface area contributed by atoms with E-state index in [4.69, 9.17) is 5.26 Å². The van der Waals surface area contributed by atoms with Crippen LogP contribution in [0.1, 0.15) is 53.6 Å². The fourth-order valence-electron chi connectivity index (χ4n) is 3.23. The molecule has 1 amide bonds. The predicted octanol–water partition coefficient (Wildman–Crippen LogP) is 5.26. The number of nitriles is 1. The predicted molar refractivity (Wildman–Crippen MR) is 106 cm³/mol. The van der Waals surface area contributed by atoms with Crippen LogP contribution >= 0.6 is 11.8 Å². The zero-order chi connectivity index (χ0) is 18.2. The van der Waals surface area contributed by atoms with Crippen LogP contribution in [-0.4, -0.2) is 23.9 Å². The van der Waals surface area contributed by atoms with Gasteiger partial charge in [-0.2, -0.15) is 5.26 Å². The van der Waals surface area contributed by atoms with Gasteiger partial charge in [-0.25, -0.2) is 0 Å². The molecular formula is C22H24N2OS. The maximum atomic E-state index is 13.1. The first-order chi connectivity index (χ1) is 12.8. The van der Waals surface area contributed by atoms with Crippen LogP contribution in [0.15, 0.2) is 53.4 Å². The van der Waals surface area contributed by atoms with Crippen LogP contribution in [0, 0.1) is 11.3 Å². The molecule has 134 valence electrons. The van der Waals surface area contributed by atoms with E-state index in [1.54, 1.807) is 11.8 Å². The molecule has 2 aromatic rings. The highest BCUT2D eigenvalue weighted by molar-refractivity contribution is 7.98. The largest absolute Gasteiger partial charge is 0.339 e. The first kappa shape index (κ1) is 18.5. The summed E-state index contributed by atoms with van der Waals surface area (Å²) in [6, 6.07) is 17.7. The highest BCUT2D eigenvalue weighted by Gasteiger charge is 2.19. The smallest absolute Gasteiger partial charge is 0.254 e. The molecule has 0 bridgehead atoms. The van der Waals surface area contributed by atoms with Gasteiger partial charge in [0, 0.05) is 23.7 Å². The summed E-state index contributed by atoms with van der Waals surface area (Å²) < 4.78 is 0. The number of amides is 1. The number of carbonyl (C=O) groups excluding carboxylic acids is 1. The van der Waals surface area contributed by atoms with E-state index in [-0.39, 0.29) is 5.91 Å². The second-order valence-corrected chi connectivity index (χ2v) is 7.67. The zero-order valence-electron chi connectivity index (χ0n) is 15.0. The SMILES string of the molecule is N#Cc1ccc(CSc2ccccc2C(=O)N2CCCCCCC2)cc1. The van der Waals surface area contributed by atoms with Crippen LogP contribution in [0.3, 0.4) is 0 Å². The molecule has 0 unspecified atom stereocenters. The van der Waals surface area contributed by atoms with Crippen molar-refractivity contribution in [1.29, 1.82) is 5.26 Å². The Bertz CT molecular complexity index is 771. The fourth-order valence-corrected chi connectivity index (χ4v) is 4.23. The van der Waals surface area contributed by atoms with E-state index in [0.717, 1.165) is 47.7 Å². The second-order valence-electron chi connectivity index (χ2n) is 6.65. The van der Waals surface area contributed by atoms with Crippen molar-refractivity contribution in [2.24, 2.45) is 0 Å². The normalized spacial score (nSPS) is 15.0. The van der Waals surface area contributed by atoms with Crippen LogP contribution < -0.4 is 0 Å². The minimum atomic E-state index is 0.162. The Kier molecular flexibility index (Phi) is 6.74. The summed E-state index contributed by atoms with van der Waals surface area (Å²) in [6.07, 6.45) is 5.94. The van der Waals surface area contributed by atoms with Gasteiger partial charge < -0.3 is 4.90 Å². The van der Waals surface area contributed by atoms with Gasteiger partial charge in [0.15, 0.2) is 0 Å². The monoisotopic (exact) mass is 364 g/mol. The van der Waals surface area contributed by atoms with E-state index in [1.165, 1.54) is 19.3 Å². The number of hydrogen-bond acceptors (Lipinski definition) is 3. The summed E-state index contributed by atoms with van der Waals surface area (Å²) in [5.41, 5.74) is 2.64. The van der Waals surface area contributed by atoms with Crippen molar-refractivity contribution >= 4 is 17.7 Å². The molecule has 0 spiro atoms. The number of carbonyl (C=O) groups is 1. The van der Waals surface area contributed by atoms with Gasteiger partial charge in [-0.15, -0.1) is 11.8 Å². The highest BCUT2D eigenvalue weighted by atomic mass is 32.2. The number of benzene rings is 2. The maximum absolute atomic E-state index is 13.1. The van der Waals surface area contributed by atoms with Crippen LogP contribution in [0.5, 0.6) is 0 Å². The van der Waals surface area contributed by atoms with Gasteiger partial charge in [-0.05, 0) is 42.7 Å². The number of thioether (sulfide) groups is 1. The third-order valence-electron chi connectivity index (χ3n) is 4.74. The zero-order valence-corrected chi connectivity index (χ0v) is 15.8. The molecule has 26 heavy (non-hydrogen) atoms. The molecule has 0 atom stereocenters. The minimum absolute atomic E-state index is 0.162. The lowest BCUT2D eigenvalue weighted by molar-refractivity contribution is 0.0739. The third kappa shape index (κ3) is 4.89. The lowest BCUT2D eigenvalue weighted by atomic mass is 10.1. The van der Waals surface area contributed by atoms with Crippen molar-refractivity contribution in [3.8, 4) is 6.07 Å². The summed E-state index contributed by atoms with van der Waals surface area (Å²) in [5.74, 6) is 0.950. The minimum Gasteiger partial charge on any atom is -0.339 e. The molecule has 3 rings (SSSR count). The first-order valence-corrected chi connectivity index (χ1v) is 10.3. The summed E-state index contributed by atoms with van der Waals surface area (Å²) in [6.45, 7) is 1.74. The molecule has 0 aliphatic carbocycles. The van der Waals surface area contributed by atoms with Gasteiger partial charge in [-0.1, -0.05) is 43.5 Å². The Morgan fingerprint density at radius 3 is 2.31 bits per heavy atom. The molecule has 4 heteroatoms. The van der Waals surface area contributed by atoms with Crippen molar-refractivity contribution in [3.63, 3.8) is 0 Å². The molecule has 1 fully saturated rings. The van der Waals surface area contributed by atoms with E-state index in [9.17, 15) is 4.79 Å². The van der Waals surface area contributed by atoms with E-state index < -0.39 is 0 Å². The van der Waals surface area contributed by atoms with Gasteiger partial charge in [-0.3, -0.25) is 4.79 Å². The van der Waals surface area contributed by atoms with E-state index in [2.05, 4.69) is 6.07 Å². The Morgan fingerprint density at radius 1 is 0.962 bits per heavy atom. The van der Waals surface area contributed by atoms with Crippen LogP contribution in [-0.2, 0) is 5.75 Å². The topological polar surface area (TPSA) is 44.1 Å². The van der Waals surface area contributed by atoms with E-state index >= 15 is 0 Å². The number of hydrogen-bond donors (Lipinski definition) is 0. The summed E-state index contributed by atoms with van der Waals surface area (Å²) >= 11 is 1.68. The molecule has 0 saturated carbocycles. The fraction of sp³-hybridized carbons (Fsp3) is 0.364. The second kappa shape index (κ2) is 9.45. The highest BCUT2D eigenvalue weighted by Crippen LogP contribution is 2.28. The van der Waals surface area contributed by atoms with Crippen molar-refractivity contribution in [1.82, 2.24) is 4.90 Å². The van der Waals surface area contributed by atoms with Crippen LogP contribution in [0.2, 0.25) is 0 Å². The molecule has 1 aliphatic heterocycles. The van der Waals surface area contributed by atoms with Gasteiger partial charge >= 0.3 is 0 Å². The first-order valence-electron chi connectivity index (χ1n) is 9.28. The van der Waals surface area contributed by atoms with Gasteiger partial charge in [0.05, 0.1) is 17.2 Å². The molecule has 1 saturated heterocycles. The molecule has 0 aromatic heterocycles. The lowest BCUT2D eigenvalue weighted by Gasteiger charge is -2.25. The Labute approximate surface area is 160 Å². The van der Waals surface area contributed by atoms with Gasteiger partial charge in [0.1, 0.15) is 0 Å². The molecule has 2 aromatic carbocycles. The Balaban J connectivity index is 1.70. The van der Waals surface area contributed by atoms with E-state index in [0.29, 0.717) is 5.56 Å². The van der Waals surface area contributed by atoms with Gasteiger partial charge in [0.2, 0.25) is 0 Å². The summed E-state index contributed by atoms with van der Waals surface area (Å²) in [5, 5.41) is 8.90. The van der Waals surface area contributed by atoms with Crippen molar-refractivity contribution in [3.05, 3.63) is 65.2 Å². The number of rotatable bonds is 4. The molecule has 0 radical (unpaired) electrons. The Hall–Kier alpha value is -2.25. The van der Waals surface area contributed by atoms with Crippen molar-refractivity contribution in [2.75, 3.05) is 13.1 Å². The molecule has 1 aliphatic rings. The molecule has 3 nitrogen and oxygen atoms in total. The van der Waals surface area contributed by atoms with Crippen molar-refractivity contribution < 1.29 is 4.79 Å². The molecular weight excluding hydrogens is 340 g/mol. The van der Waals surface area contributed by atoms with Crippen LogP contribution in [0.25, 0.3) is 0 Å². The quantitative estimate of drug-likeness (QED) is 0.695. The Morgan fingerprint density at radius 2 is 1.62 bits per heavy atom. The summed E-state index contributed by atoms with van der Waals surface area (Å²) in [7, 11) is 0. The number of likely N-dealkylation sites (tertiary alicyclic amines) is 1. The molecule has 0 N–H and O–H groups in total. The van der Waals surface area contributed by atoms with Crippen LogP contribution in [0.4, 0.5) is 0 Å². The number of nitrogens with zero attached hydrogens (tertiary/aromatic N) is 2. The van der Waals surface area contributed by atoms with Crippen molar-refractivity contribution in [2.45, 2.75) is 42.8 Å². The maximum Gasteiger partial charge on any atom is 0.254 e.